The summed E-state index contributed by atoms with van der Waals surface area (Å²) in [6, 6.07) is 22.5. The first-order chi connectivity index (χ1) is 14.1. The van der Waals surface area contributed by atoms with Crippen molar-refractivity contribution in [3.63, 3.8) is 0 Å². The van der Waals surface area contributed by atoms with Crippen LogP contribution in [0.2, 0.25) is 0 Å². The second-order valence-electron chi connectivity index (χ2n) is 6.39. The molecule has 29 heavy (non-hydrogen) atoms. The smallest absolute Gasteiger partial charge is 0.255 e. The van der Waals surface area contributed by atoms with Crippen LogP contribution >= 0.6 is 12.2 Å². The van der Waals surface area contributed by atoms with Gasteiger partial charge in [0.1, 0.15) is 5.75 Å². The molecule has 1 amide bonds. The van der Waals surface area contributed by atoms with Gasteiger partial charge >= 0.3 is 0 Å². The molecule has 0 aliphatic carbocycles. The van der Waals surface area contributed by atoms with Gasteiger partial charge in [0.2, 0.25) is 0 Å². The maximum absolute atomic E-state index is 12.4. The Labute approximate surface area is 176 Å². The summed E-state index contributed by atoms with van der Waals surface area (Å²) in [5.74, 6) is 0.558. The number of amides is 1. The Morgan fingerprint density at radius 1 is 0.793 bits per heavy atom. The van der Waals surface area contributed by atoms with Gasteiger partial charge in [-0.2, -0.15) is 0 Å². The number of hydrogen-bond donors (Lipinski definition) is 3. The summed E-state index contributed by atoms with van der Waals surface area (Å²) in [6.07, 6.45) is 1.00. The first-order valence-corrected chi connectivity index (χ1v) is 9.70. The van der Waals surface area contributed by atoms with Crippen molar-refractivity contribution in [1.82, 2.24) is 0 Å². The Morgan fingerprint density at radius 2 is 1.28 bits per heavy atom. The summed E-state index contributed by atoms with van der Waals surface area (Å²) in [5.41, 5.74) is 4.26. The molecule has 0 aromatic heterocycles. The van der Waals surface area contributed by atoms with E-state index in [1.807, 2.05) is 24.3 Å². The van der Waals surface area contributed by atoms with Gasteiger partial charge in [-0.05, 0) is 84.9 Å². The molecular formula is C23H23N3O2S. The quantitative estimate of drug-likeness (QED) is 0.485. The molecule has 0 radical (unpaired) electrons. The topological polar surface area (TPSA) is 62.4 Å². The number of anilines is 3. The number of ether oxygens (including phenoxy) is 1. The molecule has 148 valence electrons. The van der Waals surface area contributed by atoms with Gasteiger partial charge in [-0.1, -0.05) is 19.1 Å². The molecule has 0 aliphatic heterocycles. The third-order valence-corrected chi connectivity index (χ3v) is 4.58. The van der Waals surface area contributed by atoms with Crippen molar-refractivity contribution < 1.29 is 9.53 Å². The van der Waals surface area contributed by atoms with Gasteiger partial charge in [-0.15, -0.1) is 0 Å². The van der Waals surface area contributed by atoms with Gasteiger partial charge in [-0.25, -0.2) is 0 Å². The molecule has 0 fully saturated rings. The van der Waals surface area contributed by atoms with Crippen LogP contribution < -0.4 is 20.7 Å². The summed E-state index contributed by atoms with van der Waals surface area (Å²) < 4.78 is 5.12. The van der Waals surface area contributed by atoms with Crippen LogP contribution in [0.25, 0.3) is 0 Å². The molecule has 0 heterocycles. The zero-order valence-electron chi connectivity index (χ0n) is 16.4. The van der Waals surface area contributed by atoms with Gasteiger partial charge in [0.25, 0.3) is 5.91 Å². The maximum Gasteiger partial charge on any atom is 0.255 e. The molecule has 5 nitrogen and oxygen atoms in total. The van der Waals surface area contributed by atoms with E-state index in [-0.39, 0.29) is 5.91 Å². The number of aryl methyl sites for hydroxylation is 1. The van der Waals surface area contributed by atoms with E-state index in [2.05, 4.69) is 35.0 Å². The van der Waals surface area contributed by atoms with Crippen LogP contribution in [0.15, 0.2) is 72.8 Å². The number of carbonyl (C=O) groups is 1. The molecule has 3 N–H and O–H groups in total. The van der Waals surface area contributed by atoms with Crippen molar-refractivity contribution in [2.75, 3.05) is 23.1 Å². The van der Waals surface area contributed by atoms with Gasteiger partial charge in [-0.3, -0.25) is 4.79 Å². The van der Waals surface area contributed by atoms with Crippen molar-refractivity contribution in [1.29, 1.82) is 0 Å². The molecule has 0 saturated heterocycles. The Balaban J connectivity index is 1.55. The molecule has 0 saturated carbocycles. The molecule has 0 unspecified atom stereocenters. The van der Waals surface area contributed by atoms with Crippen molar-refractivity contribution in [2.24, 2.45) is 0 Å². The normalized spacial score (nSPS) is 10.1. The molecular weight excluding hydrogens is 382 g/mol. The van der Waals surface area contributed by atoms with Gasteiger partial charge < -0.3 is 20.7 Å². The summed E-state index contributed by atoms with van der Waals surface area (Å²) in [5, 5.41) is 9.62. The lowest BCUT2D eigenvalue weighted by Crippen LogP contribution is -2.19. The van der Waals surface area contributed by atoms with Crippen molar-refractivity contribution in [3.8, 4) is 5.75 Å². The number of benzene rings is 3. The molecule has 0 spiro atoms. The van der Waals surface area contributed by atoms with Gasteiger partial charge in [0.15, 0.2) is 5.11 Å². The molecule has 0 atom stereocenters. The number of nitrogens with one attached hydrogen (secondary N) is 3. The fourth-order valence-electron chi connectivity index (χ4n) is 2.70. The molecule has 3 aromatic rings. The SMILES string of the molecule is CCc1ccc(NC(=S)Nc2ccc(C(=O)Nc3ccc(OC)cc3)cc2)cc1. The Hall–Kier alpha value is -3.38. The summed E-state index contributed by atoms with van der Waals surface area (Å²) in [4.78, 5) is 12.4. The first kappa shape index (κ1) is 20.4. The summed E-state index contributed by atoms with van der Waals surface area (Å²) in [6.45, 7) is 2.12. The minimum atomic E-state index is -0.182. The van der Waals surface area contributed by atoms with Crippen LogP contribution in [0.4, 0.5) is 17.1 Å². The number of hydrogen-bond acceptors (Lipinski definition) is 3. The number of rotatable bonds is 6. The minimum Gasteiger partial charge on any atom is -0.497 e. The molecule has 3 aromatic carbocycles. The van der Waals surface area contributed by atoms with Crippen LogP contribution in [-0.4, -0.2) is 18.1 Å². The number of methoxy groups -OCH3 is 1. The highest BCUT2D eigenvalue weighted by Crippen LogP contribution is 2.17. The lowest BCUT2D eigenvalue weighted by Gasteiger charge is -2.12. The zero-order valence-corrected chi connectivity index (χ0v) is 17.2. The van der Waals surface area contributed by atoms with Crippen LogP contribution in [0.3, 0.4) is 0 Å². The summed E-state index contributed by atoms with van der Waals surface area (Å²) >= 11 is 5.36. The van der Waals surface area contributed by atoms with E-state index in [1.165, 1.54) is 5.56 Å². The van der Waals surface area contributed by atoms with Crippen LogP contribution in [0, 0.1) is 0 Å². The number of carbonyl (C=O) groups excluding carboxylic acids is 1. The highest BCUT2D eigenvalue weighted by molar-refractivity contribution is 7.80. The second kappa shape index (κ2) is 9.71. The van der Waals surface area contributed by atoms with E-state index >= 15 is 0 Å². The van der Waals surface area contributed by atoms with Crippen LogP contribution in [0.5, 0.6) is 5.75 Å². The fraction of sp³-hybridized carbons (Fsp3) is 0.130. The van der Waals surface area contributed by atoms with E-state index in [0.29, 0.717) is 16.4 Å². The highest BCUT2D eigenvalue weighted by atomic mass is 32.1. The molecule has 0 bridgehead atoms. The first-order valence-electron chi connectivity index (χ1n) is 9.30. The Kier molecular flexibility index (Phi) is 6.81. The van der Waals surface area contributed by atoms with Gasteiger partial charge in [0, 0.05) is 22.6 Å². The average Bonchev–Trinajstić information content (AvgIpc) is 2.75. The van der Waals surface area contributed by atoms with Crippen LogP contribution in [-0.2, 0) is 6.42 Å². The molecule has 0 aliphatic rings. The third kappa shape index (κ3) is 5.80. The molecule has 6 heteroatoms. The molecule has 3 rings (SSSR count). The fourth-order valence-corrected chi connectivity index (χ4v) is 2.94. The second-order valence-corrected chi connectivity index (χ2v) is 6.80. The zero-order chi connectivity index (χ0) is 20.6. The predicted molar refractivity (Wildman–Crippen MR) is 123 cm³/mol. The van der Waals surface area contributed by atoms with E-state index in [9.17, 15) is 4.79 Å². The largest absolute Gasteiger partial charge is 0.497 e. The van der Waals surface area contributed by atoms with Gasteiger partial charge in [0.05, 0.1) is 7.11 Å². The summed E-state index contributed by atoms with van der Waals surface area (Å²) in [7, 11) is 1.60. The van der Waals surface area contributed by atoms with E-state index < -0.39 is 0 Å². The number of thiocarbonyl (C=S) groups is 1. The standard InChI is InChI=1S/C23H23N3O2S/c1-3-16-4-8-19(9-5-16)25-23(29)26-20-10-6-17(7-11-20)22(27)24-18-12-14-21(28-2)15-13-18/h4-15H,3H2,1-2H3,(H,24,27)(H2,25,26,29). The lowest BCUT2D eigenvalue weighted by atomic mass is 10.1. The average molecular weight is 406 g/mol. The van der Waals surface area contributed by atoms with Crippen molar-refractivity contribution >= 4 is 40.3 Å². The predicted octanol–water partition coefficient (Wildman–Crippen LogP) is 5.32. The van der Waals surface area contributed by atoms with Crippen LogP contribution in [0.1, 0.15) is 22.8 Å². The van der Waals surface area contributed by atoms with E-state index in [4.69, 9.17) is 17.0 Å². The Morgan fingerprint density at radius 3 is 1.79 bits per heavy atom. The minimum absolute atomic E-state index is 0.182. The van der Waals surface area contributed by atoms with Crippen molar-refractivity contribution in [3.05, 3.63) is 83.9 Å². The monoisotopic (exact) mass is 405 g/mol. The Bertz CT molecular complexity index is 969. The van der Waals surface area contributed by atoms with E-state index in [0.717, 1.165) is 23.5 Å². The third-order valence-electron chi connectivity index (χ3n) is 4.37. The van der Waals surface area contributed by atoms with E-state index in [1.54, 1.807) is 43.5 Å². The highest BCUT2D eigenvalue weighted by Gasteiger charge is 2.07. The van der Waals surface area contributed by atoms with Crippen molar-refractivity contribution in [2.45, 2.75) is 13.3 Å². The maximum atomic E-state index is 12.4. The lowest BCUT2D eigenvalue weighted by molar-refractivity contribution is 0.102.